The van der Waals surface area contributed by atoms with Crippen LogP contribution in [-0.2, 0) is 14.9 Å². The van der Waals surface area contributed by atoms with E-state index in [4.69, 9.17) is 4.74 Å². The Balaban J connectivity index is 2.35. The van der Waals surface area contributed by atoms with E-state index in [1.165, 1.54) is 18.2 Å². The second kappa shape index (κ2) is 8.20. The summed E-state index contributed by atoms with van der Waals surface area (Å²) >= 11 is 0. The molecule has 0 saturated heterocycles. The lowest BCUT2D eigenvalue weighted by Gasteiger charge is -2.25. The number of nitriles is 1. The zero-order chi connectivity index (χ0) is 18.3. The molecule has 0 spiro atoms. The number of nitrogens with zero attached hydrogens (tertiary/aromatic N) is 1. The van der Waals surface area contributed by atoms with E-state index in [0.29, 0.717) is 5.56 Å². The number of ketones is 1. The van der Waals surface area contributed by atoms with Crippen molar-refractivity contribution >= 4 is 11.8 Å². The summed E-state index contributed by atoms with van der Waals surface area (Å²) in [6.45, 7) is 1.67. The summed E-state index contributed by atoms with van der Waals surface area (Å²) in [5.41, 5.74) is -1.45. The first kappa shape index (κ1) is 18.3. The Kier molecular flexibility index (Phi) is 6.02. The number of hydrogen-bond donors (Lipinski definition) is 0. The monoisotopic (exact) mass is 339 g/mol. The first-order chi connectivity index (χ1) is 12.0. The minimum absolute atomic E-state index is 0.0589. The fraction of sp³-hybridized carbons (Fsp3) is 0.250. The SMILES string of the molecule is CCOC(=O)[C@@](C#N)(CCC(=O)c1ccccc1)c1ccccc1F. The molecule has 128 valence electrons. The third-order valence-corrected chi connectivity index (χ3v) is 3.97. The predicted molar refractivity (Wildman–Crippen MR) is 90.3 cm³/mol. The molecule has 0 aliphatic carbocycles. The summed E-state index contributed by atoms with van der Waals surface area (Å²) in [4.78, 5) is 24.8. The van der Waals surface area contributed by atoms with Gasteiger partial charge < -0.3 is 4.74 Å². The fourth-order valence-electron chi connectivity index (χ4n) is 2.64. The van der Waals surface area contributed by atoms with E-state index in [9.17, 15) is 19.2 Å². The van der Waals surface area contributed by atoms with Gasteiger partial charge >= 0.3 is 5.97 Å². The van der Waals surface area contributed by atoms with Gasteiger partial charge in [-0.15, -0.1) is 0 Å². The van der Waals surface area contributed by atoms with Crippen LogP contribution in [0.2, 0.25) is 0 Å². The van der Waals surface area contributed by atoms with Crippen molar-refractivity contribution in [2.45, 2.75) is 25.2 Å². The molecule has 0 fully saturated rings. The van der Waals surface area contributed by atoms with Crippen molar-refractivity contribution in [1.29, 1.82) is 5.26 Å². The van der Waals surface area contributed by atoms with E-state index in [-0.39, 0.29) is 30.8 Å². The summed E-state index contributed by atoms with van der Waals surface area (Å²) in [6.07, 6.45) is -0.234. The van der Waals surface area contributed by atoms with Crippen LogP contribution in [0.1, 0.15) is 35.7 Å². The number of carbonyl (C=O) groups is 2. The van der Waals surface area contributed by atoms with Crippen LogP contribution >= 0.6 is 0 Å². The van der Waals surface area contributed by atoms with Crippen molar-refractivity contribution in [3.8, 4) is 6.07 Å². The van der Waals surface area contributed by atoms with E-state index in [1.54, 1.807) is 43.3 Å². The average Bonchev–Trinajstić information content (AvgIpc) is 2.64. The van der Waals surface area contributed by atoms with Crippen LogP contribution in [0.5, 0.6) is 0 Å². The number of Topliss-reactive ketones (excluding diaryl/α,β-unsaturated/α-hetero) is 1. The van der Waals surface area contributed by atoms with Gasteiger partial charge in [0, 0.05) is 17.5 Å². The summed E-state index contributed by atoms with van der Waals surface area (Å²) in [6, 6.07) is 16.0. The van der Waals surface area contributed by atoms with Crippen molar-refractivity contribution in [3.05, 3.63) is 71.5 Å². The topological polar surface area (TPSA) is 67.2 Å². The predicted octanol–water partition coefficient (Wildman–Crippen LogP) is 3.81. The average molecular weight is 339 g/mol. The summed E-state index contributed by atoms with van der Waals surface area (Å²) in [5.74, 6) is -1.74. The molecule has 0 heterocycles. The molecule has 2 aromatic rings. The Hall–Kier alpha value is -3.00. The minimum Gasteiger partial charge on any atom is -0.465 e. The first-order valence-corrected chi connectivity index (χ1v) is 7.97. The smallest absolute Gasteiger partial charge is 0.331 e. The Morgan fingerprint density at radius 1 is 1.12 bits per heavy atom. The number of esters is 1. The van der Waals surface area contributed by atoms with Gasteiger partial charge in [-0.25, -0.2) is 9.18 Å². The van der Waals surface area contributed by atoms with Gasteiger partial charge in [-0.2, -0.15) is 5.26 Å². The molecule has 0 aliphatic heterocycles. The van der Waals surface area contributed by atoms with E-state index in [1.807, 2.05) is 6.07 Å². The normalized spacial score (nSPS) is 12.7. The van der Waals surface area contributed by atoms with Crippen molar-refractivity contribution < 1.29 is 18.7 Å². The van der Waals surface area contributed by atoms with Gasteiger partial charge in [-0.3, -0.25) is 4.79 Å². The quantitative estimate of drug-likeness (QED) is 0.568. The van der Waals surface area contributed by atoms with Crippen LogP contribution in [0.3, 0.4) is 0 Å². The number of carbonyl (C=O) groups excluding carboxylic acids is 2. The highest BCUT2D eigenvalue weighted by Crippen LogP contribution is 2.33. The second-order valence-electron chi connectivity index (χ2n) is 5.51. The number of benzene rings is 2. The molecule has 5 heteroatoms. The van der Waals surface area contributed by atoms with Crippen LogP contribution in [0.25, 0.3) is 0 Å². The Morgan fingerprint density at radius 3 is 2.36 bits per heavy atom. The molecule has 25 heavy (non-hydrogen) atoms. The molecular formula is C20H18FNO3. The largest absolute Gasteiger partial charge is 0.465 e. The Morgan fingerprint density at radius 2 is 1.76 bits per heavy atom. The van der Waals surface area contributed by atoms with Gasteiger partial charge in [-0.05, 0) is 19.4 Å². The van der Waals surface area contributed by atoms with Crippen molar-refractivity contribution in [2.75, 3.05) is 6.61 Å². The molecule has 0 saturated carbocycles. The number of rotatable bonds is 7. The first-order valence-electron chi connectivity index (χ1n) is 7.97. The molecule has 0 N–H and O–H groups in total. The highest BCUT2D eigenvalue weighted by atomic mass is 19.1. The maximum atomic E-state index is 14.3. The summed E-state index contributed by atoms with van der Waals surface area (Å²) in [5, 5.41) is 9.71. The maximum absolute atomic E-state index is 14.3. The Labute approximate surface area is 145 Å². The molecule has 0 radical (unpaired) electrons. The van der Waals surface area contributed by atoms with Gasteiger partial charge in [0.15, 0.2) is 11.2 Å². The summed E-state index contributed by atoms with van der Waals surface area (Å²) in [7, 11) is 0. The number of halogens is 1. The molecule has 2 aromatic carbocycles. The van der Waals surface area contributed by atoms with Gasteiger partial charge in [0.05, 0.1) is 12.7 Å². The van der Waals surface area contributed by atoms with Gasteiger partial charge in [0.25, 0.3) is 0 Å². The van der Waals surface area contributed by atoms with E-state index in [2.05, 4.69) is 0 Å². The van der Waals surface area contributed by atoms with Crippen LogP contribution in [0, 0.1) is 17.1 Å². The van der Waals surface area contributed by atoms with E-state index < -0.39 is 17.2 Å². The highest BCUT2D eigenvalue weighted by Gasteiger charge is 2.44. The molecule has 4 nitrogen and oxygen atoms in total. The zero-order valence-electron chi connectivity index (χ0n) is 13.9. The standard InChI is InChI=1S/C20H18FNO3/c1-2-25-19(24)20(14-22,16-10-6-7-11-17(16)21)13-12-18(23)15-8-4-3-5-9-15/h3-11H,2,12-13H2,1H3/t20-/m1/s1. The lowest BCUT2D eigenvalue weighted by molar-refractivity contribution is -0.148. The van der Waals surface area contributed by atoms with Crippen LogP contribution in [-0.4, -0.2) is 18.4 Å². The maximum Gasteiger partial charge on any atom is 0.331 e. The number of hydrogen-bond acceptors (Lipinski definition) is 4. The molecule has 0 aliphatic rings. The van der Waals surface area contributed by atoms with Crippen molar-refractivity contribution in [2.24, 2.45) is 0 Å². The molecular weight excluding hydrogens is 321 g/mol. The van der Waals surface area contributed by atoms with Crippen LogP contribution < -0.4 is 0 Å². The molecule has 1 atom stereocenters. The molecule has 0 aromatic heterocycles. The van der Waals surface area contributed by atoms with Crippen LogP contribution in [0.15, 0.2) is 54.6 Å². The fourth-order valence-corrected chi connectivity index (χ4v) is 2.64. The van der Waals surface area contributed by atoms with Gasteiger partial charge in [0.2, 0.25) is 0 Å². The van der Waals surface area contributed by atoms with Gasteiger partial charge in [-0.1, -0.05) is 48.5 Å². The second-order valence-corrected chi connectivity index (χ2v) is 5.51. The zero-order valence-corrected chi connectivity index (χ0v) is 13.9. The lowest BCUT2D eigenvalue weighted by Crippen LogP contribution is -2.37. The molecule has 2 rings (SSSR count). The van der Waals surface area contributed by atoms with E-state index >= 15 is 0 Å². The number of ether oxygens (including phenoxy) is 1. The van der Waals surface area contributed by atoms with Crippen molar-refractivity contribution in [3.63, 3.8) is 0 Å². The Bertz CT molecular complexity index is 798. The van der Waals surface area contributed by atoms with Crippen LogP contribution in [0.4, 0.5) is 4.39 Å². The molecule has 0 amide bonds. The van der Waals surface area contributed by atoms with Gasteiger partial charge in [0.1, 0.15) is 5.82 Å². The highest BCUT2D eigenvalue weighted by molar-refractivity contribution is 5.97. The molecule has 0 bridgehead atoms. The lowest BCUT2D eigenvalue weighted by atomic mass is 9.76. The summed E-state index contributed by atoms with van der Waals surface area (Å²) < 4.78 is 19.3. The van der Waals surface area contributed by atoms with E-state index in [0.717, 1.165) is 0 Å². The molecule has 0 unspecified atom stereocenters. The van der Waals surface area contributed by atoms with Crippen molar-refractivity contribution in [1.82, 2.24) is 0 Å². The third-order valence-electron chi connectivity index (χ3n) is 3.97. The minimum atomic E-state index is -1.86. The third kappa shape index (κ3) is 3.92.